The van der Waals surface area contributed by atoms with E-state index in [1.807, 2.05) is 11.6 Å². The topological polar surface area (TPSA) is 91.6 Å². The predicted octanol–water partition coefficient (Wildman–Crippen LogP) is 2.12. The van der Waals surface area contributed by atoms with Crippen LogP contribution < -0.4 is 10.6 Å². The van der Waals surface area contributed by atoms with E-state index in [0.29, 0.717) is 12.5 Å². The van der Waals surface area contributed by atoms with Gasteiger partial charge in [-0.1, -0.05) is 12.1 Å². The lowest BCUT2D eigenvalue weighted by atomic mass is 10.2. The first-order valence-corrected chi connectivity index (χ1v) is 10.6. The molecule has 1 aromatic heterocycles. The van der Waals surface area contributed by atoms with Gasteiger partial charge in [-0.05, 0) is 44.0 Å². The minimum atomic E-state index is -3.40. The van der Waals surface area contributed by atoms with Crippen LogP contribution in [0.2, 0.25) is 0 Å². The van der Waals surface area contributed by atoms with Gasteiger partial charge >= 0.3 is 0 Å². The van der Waals surface area contributed by atoms with Crippen LogP contribution in [0, 0.1) is 13.8 Å². The van der Waals surface area contributed by atoms with Crippen molar-refractivity contribution >= 4 is 40.0 Å². The van der Waals surface area contributed by atoms with Crippen molar-refractivity contribution in [1.29, 1.82) is 0 Å². The minimum Gasteiger partial charge on any atom is -0.356 e. The van der Waals surface area contributed by atoms with Crippen molar-refractivity contribution in [2.45, 2.75) is 38.3 Å². The Balaban J connectivity index is 0.00000420. The van der Waals surface area contributed by atoms with Crippen LogP contribution in [0.5, 0.6) is 0 Å². The van der Waals surface area contributed by atoms with Gasteiger partial charge in [-0.15, -0.1) is 24.0 Å². The molecule has 162 valence electrons. The highest BCUT2D eigenvalue weighted by atomic mass is 127. The Labute approximate surface area is 190 Å². The number of hydrogen-bond donors (Lipinski definition) is 2. The maximum Gasteiger partial charge on any atom is 0.242 e. The SMILES string of the molecule is CN=C(NCCCn1nc(C)cc1C)NCc1ccc(S(=O)(=O)N(C)C)cc1.I. The quantitative estimate of drug-likeness (QED) is 0.235. The number of nitrogens with zero attached hydrogens (tertiary/aromatic N) is 4. The Morgan fingerprint density at radius 1 is 1.17 bits per heavy atom. The molecule has 0 fully saturated rings. The van der Waals surface area contributed by atoms with Crippen LogP contribution in [-0.4, -0.2) is 56.2 Å². The number of aromatic nitrogens is 2. The molecule has 0 aliphatic heterocycles. The summed E-state index contributed by atoms with van der Waals surface area (Å²) in [6.07, 6.45) is 0.930. The highest BCUT2D eigenvalue weighted by Crippen LogP contribution is 2.13. The Bertz CT molecular complexity index is 907. The van der Waals surface area contributed by atoms with Crippen LogP contribution in [0.3, 0.4) is 0 Å². The molecule has 1 heterocycles. The lowest BCUT2D eigenvalue weighted by Gasteiger charge is -2.13. The molecule has 2 aromatic rings. The average molecular weight is 534 g/mol. The van der Waals surface area contributed by atoms with E-state index in [9.17, 15) is 8.42 Å². The first-order chi connectivity index (χ1) is 13.2. The summed E-state index contributed by atoms with van der Waals surface area (Å²) in [7, 11) is 1.37. The van der Waals surface area contributed by atoms with E-state index in [1.54, 1.807) is 31.3 Å². The third-order valence-corrected chi connectivity index (χ3v) is 6.16. The molecule has 2 rings (SSSR count). The molecule has 10 heteroatoms. The van der Waals surface area contributed by atoms with E-state index in [1.165, 1.54) is 24.1 Å². The van der Waals surface area contributed by atoms with Gasteiger partial charge < -0.3 is 10.6 Å². The summed E-state index contributed by atoms with van der Waals surface area (Å²) in [6, 6.07) is 8.93. The Kier molecular flexibility index (Phi) is 10.1. The van der Waals surface area contributed by atoms with E-state index in [0.717, 1.165) is 30.8 Å². The van der Waals surface area contributed by atoms with E-state index in [4.69, 9.17) is 0 Å². The molecule has 0 saturated heterocycles. The van der Waals surface area contributed by atoms with E-state index < -0.39 is 10.0 Å². The highest BCUT2D eigenvalue weighted by Gasteiger charge is 2.16. The Morgan fingerprint density at radius 3 is 2.34 bits per heavy atom. The fourth-order valence-corrected chi connectivity index (χ4v) is 3.64. The second kappa shape index (κ2) is 11.5. The van der Waals surface area contributed by atoms with Crippen LogP contribution in [0.25, 0.3) is 0 Å². The molecule has 0 aliphatic carbocycles. The molecule has 1 aromatic carbocycles. The summed E-state index contributed by atoms with van der Waals surface area (Å²) in [5, 5.41) is 11.0. The first kappa shape index (κ1) is 25.4. The molecule has 0 radical (unpaired) electrons. The van der Waals surface area contributed by atoms with Gasteiger partial charge in [0.1, 0.15) is 0 Å². The molecular formula is C19H31IN6O2S. The average Bonchev–Trinajstić information content (AvgIpc) is 2.98. The summed E-state index contributed by atoms with van der Waals surface area (Å²) in [4.78, 5) is 4.50. The van der Waals surface area contributed by atoms with E-state index >= 15 is 0 Å². The zero-order valence-corrected chi connectivity index (χ0v) is 20.8. The van der Waals surface area contributed by atoms with Gasteiger partial charge in [0.25, 0.3) is 0 Å². The highest BCUT2D eigenvalue weighted by molar-refractivity contribution is 14.0. The van der Waals surface area contributed by atoms with Crippen molar-refractivity contribution in [2.75, 3.05) is 27.7 Å². The number of aryl methyl sites for hydroxylation is 3. The summed E-state index contributed by atoms with van der Waals surface area (Å²) in [5.41, 5.74) is 3.18. The van der Waals surface area contributed by atoms with Crippen molar-refractivity contribution in [3.8, 4) is 0 Å². The zero-order chi connectivity index (χ0) is 20.7. The third kappa shape index (κ3) is 7.27. The number of guanidine groups is 1. The van der Waals surface area contributed by atoms with Gasteiger partial charge in [0.2, 0.25) is 10.0 Å². The smallest absolute Gasteiger partial charge is 0.242 e. The monoisotopic (exact) mass is 534 g/mol. The van der Waals surface area contributed by atoms with Crippen LogP contribution in [0.4, 0.5) is 0 Å². The normalized spacial score (nSPS) is 12.0. The summed E-state index contributed by atoms with van der Waals surface area (Å²) in [5.74, 6) is 0.707. The Hall–Kier alpha value is -1.66. The van der Waals surface area contributed by atoms with E-state index in [-0.39, 0.29) is 28.9 Å². The molecule has 0 spiro atoms. The molecule has 29 heavy (non-hydrogen) atoms. The predicted molar refractivity (Wildman–Crippen MR) is 127 cm³/mol. The summed E-state index contributed by atoms with van der Waals surface area (Å²) in [6.45, 7) is 6.24. The number of hydrogen-bond acceptors (Lipinski definition) is 4. The number of sulfonamides is 1. The van der Waals surface area contributed by atoms with E-state index in [2.05, 4.69) is 33.7 Å². The first-order valence-electron chi connectivity index (χ1n) is 9.21. The van der Waals surface area contributed by atoms with Gasteiger partial charge in [0.05, 0.1) is 10.6 Å². The van der Waals surface area contributed by atoms with Crippen molar-refractivity contribution in [1.82, 2.24) is 24.7 Å². The molecule has 8 nitrogen and oxygen atoms in total. The maximum absolute atomic E-state index is 12.1. The Morgan fingerprint density at radius 2 is 1.83 bits per heavy atom. The van der Waals surface area contributed by atoms with Gasteiger partial charge in [-0.3, -0.25) is 9.67 Å². The van der Waals surface area contributed by atoms with Crippen molar-refractivity contribution in [3.05, 3.63) is 47.3 Å². The number of rotatable bonds is 8. The largest absolute Gasteiger partial charge is 0.356 e. The number of halogens is 1. The van der Waals surface area contributed by atoms with Gasteiger partial charge in [-0.2, -0.15) is 5.10 Å². The maximum atomic E-state index is 12.1. The fourth-order valence-electron chi connectivity index (χ4n) is 2.73. The standard InChI is InChI=1S/C19H30N6O2S.HI/c1-15-13-16(2)25(23-15)12-6-11-21-19(20-3)22-14-17-7-9-18(10-8-17)28(26,27)24(4)5;/h7-10,13H,6,11-12,14H2,1-5H3,(H2,20,21,22);1H. The van der Waals surface area contributed by atoms with Crippen molar-refractivity contribution in [3.63, 3.8) is 0 Å². The summed E-state index contributed by atoms with van der Waals surface area (Å²) >= 11 is 0. The molecule has 0 saturated carbocycles. The fraction of sp³-hybridized carbons (Fsp3) is 0.474. The minimum absolute atomic E-state index is 0. The van der Waals surface area contributed by atoms with Gasteiger partial charge in [0, 0.05) is 46.5 Å². The van der Waals surface area contributed by atoms with Crippen molar-refractivity contribution in [2.24, 2.45) is 4.99 Å². The molecule has 0 atom stereocenters. The number of benzene rings is 1. The van der Waals surface area contributed by atoms with Crippen LogP contribution in [0.15, 0.2) is 40.2 Å². The number of nitrogens with one attached hydrogen (secondary N) is 2. The number of aliphatic imine (C=N–C) groups is 1. The summed E-state index contributed by atoms with van der Waals surface area (Å²) < 4.78 is 27.4. The molecule has 2 N–H and O–H groups in total. The lowest BCUT2D eigenvalue weighted by molar-refractivity contribution is 0.520. The second-order valence-electron chi connectivity index (χ2n) is 6.79. The van der Waals surface area contributed by atoms with Crippen LogP contribution >= 0.6 is 24.0 Å². The second-order valence-corrected chi connectivity index (χ2v) is 8.94. The molecular weight excluding hydrogens is 503 g/mol. The van der Waals surface area contributed by atoms with Gasteiger partial charge in [-0.25, -0.2) is 12.7 Å². The third-order valence-electron chi connectivity index (χ3n) is 4.33. The molecule has 0 unspecified atom stereocenters. The van der Waals surface area contributed by atoms with Crippen LogP contribution in [0.1, 0.15) is 23.4 Å². The molecule has 0 bridgehead atoms. The van der Waals surface area contributed by atoms with Crippen LogP contribution in [-0.2, 0) is 23.1 Å². The molecule has 0 amide bonds. The lowest BCUT2D eigenvalue weighted by Crippen LogP contribution is -2.37. The van der Waals surface area contributed by atoms with Gasteiger partial charge in [0.15, 0.2) is 5.96 Å². The van der Waals surface area contributed by atoms with Crippen molar-refractivity contribution < 1.29 is 8.42 Å². The molecule has 0 aliphatic rings. The zero-order valence-electron chi connectivity index (χ0n) is 17.6.